The molecule has 0 fully saturated rings. The van der Waals surface area contributed by atoms with Crippen LogP contribution in [0.5, 0.6) is 0 Å². The molecule has 0 spiro atoms. The lowest BCUT2D eigenvalue weighted by molar-refractivity contribution is -0.121. The number of carbonyl (C=O) groups excluding carboxylic acids is 1. The normalized spacial score (nSPS) is 17.8. The molecule has 2 heterocycles. The number of hydrogen-bond acceptors (Lipinski definition) is 3. The van der Waals surface area contributed by atoms with Crippen LogP contribution in [0.4, 0.5) is 5.82 Å². The third-order valence-corrected chi connectivity index (χ3v) is 4.62. The number of rotatable bonds is 4. The molecule has 122 valence electrons. The first-order valence-electron chi connectivity index (χ1n) is 8.28. The Morgan fingerprint density at radius 1 is 1.26 bits per heavy atom. The average molecular weight is 312 g/mol. The number of anilines is 1. The molecule has 0 bridgehead atoms. The maximum atomic E-state index is 12.9. The molecule has 5 heteroatoms. The molecule has 1 aromatic carbocycles. The van der Waals surface area contributed by atoms with E-state index in [1.165, 1.54) is 11.1 Å². The Bertz CT molecular complexity index is 707. The summed E-state index contributed by atoms with van der Waals surface area (Å²) >= 11 is 0. The lowest BCUT2D eigenvalue weighted by Gasteiger charge is -2.35. The maximum absolute atomic E-state index is 12.9. The Labute approximate surface area is 137 Å². The van der Waals surface area contributed by atoms with Gasteiger partial charge in [-0.15, -0.1) is 0 Å². The molecule has 1 aliphatic rings. The van der Waals surface area contributed by atoms with E-state index >= 15 is 0 Å². The van der Waals surface area contributed by atoms with Crippen LogP contribution in [-0.2, 0) is 24.3 Å². The van der Waals surface area contributed by atoms with Gasteiger partial charge in [0.15, 0.2) is 0 Å². The quantitative estimate of drug-likeness (QED) is 0.944. The molecule has 0 saturated carbocycles. The van der Waals surface area contributed by atoms with Gasteiger partial charge in [0.1, 0.15) is 5.82 Å². The number of carbonyl (C=O) groups is 1. The topological polar surface area (TPSA) is 50.2 Å². The van der Waals surface area contributed by atoms with Crippen LogP contribution in [0.25, 0.3) is 0 Å². The minimum absolute atomic E-state index is 0.0552. The zero-order valence-electron chi connectivity index (χ0n) is 14.0. The van der Waals surface area contributed by atoms with Crippen molar-refractivity contribution in [3.05, 3.63) is 47.2 Å². The minimum Gasteiger partial charge on any atom is -0.309 e. The summed E-state index contributed by atoms with van der Waals surface area (Å²) in [6, 6.07) is 8.27. The van der Waals surface area contributed by atoms with Gasteiger partial charge in [0.2, 0.25) is 5.91 Å². The molecule has 5 nitrogen and oxygen atoms in total. The molecule has 0 aliphatic carbocycles. The van der Waals surface area contributed by atoms with Gasteiger partial charge in [-0.2, -0.15) is 5.10 Å². The Balaban J connectivity index is 1.82. The summed E-state index contributed by atoms with van der Waals surface area (Å²) < 4.78 is 1.83. The van der Waals surface area contributed by atoms with E-state index in [0.717, 1.165) is 37.4 Å². The molecule has 0 saturated heterocycles. The molecule has 1 amide bonds. The van der Waals surface area contributed by atoms with Crippen LogP contribution < -0.4 is 5.32 Å². The number of aromatic nitrogens is 2. The summed E-state index contributed by atoms with van der Waals surface area (Å²) in [5.41, 5.74) is 3.60. The van der Waals surface area contributed by atoms with Crippen molar-refractivity contribution in [1.29, 1.82) is 0 Å². The summed E-state index contributed by atoms with van der Waals surface area (Å²) in [6.45, 7) is 8.54. The number of nitrogens with one attached hydrogen (secondary N) is 1. The van der Waals surface area contributed by atoms with Gasteiger partial charge in [-0.05, 0) is 37.9 Å². The second-order valence-electron chi connectivity index (χ2n) is 6.03. The first-order chi connectivity index (χ1) is 11.1. The van der Waals surface area contributed by atoms with Crippen molar-refractivity contribution in [3.63, 3.8) is 0 Å². The molecule has 1 N–H and O–H groups in total. The van der Waals surface area contributed by atoms with Gasteiger partial charge in [0.25, 0.3) is 0 Å². The zero-order valence-corrected chi connectivity index (χ0v) is 14.0. The summed E-state index contributed by atoms with van der Waals surface area (Å²) in [5.74, 6) is 0.868. The number of benzene rings is 1. The molecule has 1 aromatic heterocycles. The van der Waals surface area contributed by atoms with E-state index in [2.05, 4.69) is 40.4 Å². The van der Waals surface area contributed by atoms with Gasteiger partial charge in [-0.1, -0.05) is 31.2 Å². The fraction of sp³-hybridized carbons (Fsp3) is 0.444. The van der Waals surface area contributed by atoms with Gasteiger partial charge in [0, 0.05) is 18.7 Å². The van der Waals surface area contributed by atoms with E-state index < -0.39 is 0 Å². The van der Waals surface area contributed by atoms with Gasteiger partial charge >= 0.3 is 0 Å². The first-order valence-corrected chi connectivity index (χ1v) is 8.28. The number of likely N-dealkylation sites (N-methyl/N-ethyl adjacent to an activating group) is 1. The molecule has 1 atom stereocenters. The summed E-state index contributed by atoms with van der Waals surface area (Å²) in [4.78, 5) is 15.1. The van der Waals surface area contributed by atoms with Gasteiger partial charge in [-0.25, -0.2) is 4.68 Å². The second-order valence-corrected chi connectivity index (χ2v) is 6.03. The molecule has 0 unspecified atom stereocenters. The van der Waals surface area contributed by atoms with Crippen LogP contribution in [0.3, 0.4) is 0 Å². The average Bonchev–Trinajstić information content (AvgIpc) is 2.93. The minimum atomic E-state index is -0.130. The molecule has 0 radical (unpaired) electrons. The lowest BCUT2D eigenvalue weighted by Crippen LogP contribution is -2.48. The highest BCUT2D eigenvalue weighted by Crippen LogP contribution is 2.24. The predicted molar refractivity (Wildman–Crippen MR) is 91.3 cm³/mol. The molecule has 1 aliphatic heterocycles. The zero-order chi connectivity index (χ0) is 16.4. The van der Waals surface area contributed by atoms with Crippen molar-refractivity contribution in [2.75, 3.05) is 11.9 Å². The molecule has 2 aromatic rings. The first kappa shape index (κ1) is 15.7. The van der Waals surface area contributed by atoms with Crippen molar-refractivity contribution >= 4 is 11.7 Å². The Morgan fingerprint density at radius 2 is 2.00 bits per heavy atom. The SMILES string of the molecule is CCN1Cc2ccccc2C[C@@H]1C(=O)Nc1c(C)cnn1CC. The third-order valence-electron chi connectivity index (χ3n) is 4.62. The van der Waals surface area contributed by atoms with Crippen LogP contribution in [-0.4, -0.2) is 33.2 Å². The van der Waals surface area contributed by atoms with Gasteiger partial charge < -0.3 is 5.32 Å². The molecular formula is C18H24N4O. The van der Waals surface area contributed by atoms with Gasteiger partial charge in [0.05, 0.1) is 12.2 Å². The van der Waals surface area contributed by atoms with Gasteiger partial charge in [-0.3, -0.25) is 9.69 Å². The van der Waals surface area contributed by atoms with E-state index in [0.29, 0.717) is 0 Å². The second kappa shape index (κ2) is 6.54. The molecule has 3 rings (SSSR count). The van der Waals surface area contributed by atoms with Crippen molar-refractivity contribution in [3.8, 4) is 0 Å². The van der Waals surface area contributed by atoms with Crippen molar-refractivity contribution < 1.29 is 4.79 Å². The van der Waals surface area contributed by atoms with Crippen molar-refractivity contribution in [1.82, 2.24) is 14.7 Å². The smallest absolute Gasteiger partial charge is 0.243 e. The predicted octanol–water partition coefficient (Wildman–Crippen LogP) is 2.60. The number of nitrogens with zero attached hydrogens (tertiary/aromatic N) is 3. The number of hydrogen-bond donors (Lipinski definition) is 1. The third kappa shape index (κ3) is 3.01. The summed E-state index contributed by atoms with van der Waals surface area (Å²) in [6.07, 6.45) is 2.56. The highest BCUT2D eigenvalue weighted by molar-refractivity contribution is 5.95. The van der Waals surface area contributed by atoms with E-state index in [4.69, 9.17) is 0 Å². The van der Waals surface area contributed by atoms with Crippen LogP contribution in [0.1, 0.15) is 30.5 Å². The van der Waals surface area contributed by atoms with E-state index in [9.17, 15) is 4.79 Å². The van der Waals surface area contributed by atoms with Crippen LogP contribution in [0.2, 0.25) is 0 Å². The Morgan fingerprint density at radius 3 is 2.70 bits per heavy atom. The van der Waals surface area contributed by atoms with E-state index in [1.807, 2.05) is 24.6 Å². The maximum Gasteiger partial charge on any atom is 0.243 e. The van der Waals surface area contributed by atoms with Crippen molar-refractivity contribution in [2.45, 2.75) is 46.3 Å². The Hall–Kier alpha value is -2.14. The van der Waals surface area contributed by atoms with E-state index in [-0.39, 0.29) is 11.9 Å². The number of aryl methyl sites for hydroxylation is 2. The number of amides is 1. The summed E-state index contributed by atoms with van der Waals surface area (Å²) in [7, 11) is 0. The fourth-order valence-corrected chi connectivity index (χ4v) is 3.25. The highest BCUT2D eigenvalue weighted by Gasteiger charge is 2.31. The lowest BCUT2D eigenvalue weighted by atomic mass is 9.93. The summed E-state index contributed by atoms with van der Waals surface area (Å²) in [5, 5.41) is 7.39. The van der Waals surface area contributed by atoms with E-state index in [1.54, 1.807) is 6.20 Å². The number of fused-ring (bicyclic) bond motifs is 1. The van der Waals surface area contributed by atoms with Crippen LogP contribution in [0, 0.1) is 6.92 Å². The van der Waals surface area contributed by atoms with Crippen LogP contribution in [0.15, 0.2) is 30.5 Å². The fourth-order valence-electron chi connectivity index (χ4n) is 3.25. The monoisotopic (exact) mass is 312 g/mol. The molecular weight excluding hydrogens is 288 g/mol. The molecule has 23 heavy (non-hydrogen) atoms. The standard InChI is InChI=1S/C18H24N4O/c1-4-21-12-15-9-7-6-8-14(15)10-16(21)18(23)20-17-13(3)11-19-22(17)5-2/h6-9,11,16H,4-5,10,12H2,1-3H3,(H,20,23)/t16-/m1/s1. The van der Waals surface area contributed by atoms with Crippen LogP contribution >= 0.6 is 0 Å². The highest BCUT2D eigenvalue weighted by atomic mass is 16.2. The largest absolute Gasteiger partial charge is 0.309 e. The Kier molecular flexibility index (Phi) is 4.48. The van der Waals surface area contributed by atoms with Crippen molar-refractivity contribution in [2.24, 2.45) is 0 Å².